The number of phenolic OH excluding ortho intramolecular Hbond substituents is 1. The second kappa shape index (κ2) is 10.3. The van der Waals surface area contributed by atoms with Crippen LogP contribution >= 0.6 is 23.2 Å². The predicted octanol–water partition coefficient (Wildman–Crippen LogP) is 7.08. The Balaban J connectivity index is 1.81. The number of benzene rings is 4. The Morgan fingerprint density at radius 3 is 2.46 bits per heavy atom. The van der Waals surface area contributed by atoms with Crippen molar-refractivity contribution in [3.63, 3.8) is 0 Å². The fourth-order valence-corrected chi connectivity index (χ4v) is 4.91. The first-order valence-electron chi connectivity index (χ1n) is 10.6. The second-order valence-electron chi connectivity index (χ2n) is 7.84. The smallest absolute Gasteiger partial charge is 0.294 e. The van der Waals surface area contributed by atoms with E-state index in [2.05, 4.69) is 15.5 Å². The van der Waals surface area contributed by atoms with Gasteiger partial charge in [-0.05, 0) is 48.2 Å². The van der Waals surface area contributed by atoms with E-state index < -0.39 is 26.7 Å². The van der Waals surface area contributed by atoms with Crippen LogP contribution < -0.4 is 10.1 Å². The van der Waals surface area contributed by atoms with Crippen LogP contribution in [-0.2, 0) is 10.1 Å². The Bertz CT molecular complexity index is 1690. The fraction of sp³-hybridized carbons (Fsp3) is 0.0800. The maximum absolute atomic E-state index is 13.1. The van der Waals surface area contributed by atoms with Gasteiger partial charge in [0.2, 0.25) is 0 Å². The molecule has 3 N–H and O–H groups in total. The van der Waals surface area contributed by atoms with Gasteiger partial charge in [0.05, 0.1) is 24.0 Å². The maximum atomic E-state index is 13.1. The van der Waals surface area contributed by atoms with Gasteiger partial charge in [0.1, 0.15) is 21.4 Å². The van der Waals surface area contributed by atoms with Gasteiger partial charge in [-0.25, -0.2) is 0 Å². The number of amides is 1. The SMILES string of the molecule is COc1cccc(NC(=O)c2cc3ccccc3c(N=Nc3cc(Cl)c(C)c(S(=O)(=O)O)c3)c2O)c1Cl. The van der Waals surface area contributed by atoms with E-state index in [0.717, 1.165) is 6.07 Å². The van der Waals surface area contributed by atoms with Crippen LogP contribution in [0.15, 0.2) is 75.8 Å². The molecule has 190 valence electrons. The molecule has 0 aromatic heterocycles. The quantitative estimate of drug-likeness (QED) is 0.170. The number of azo groups is 1. The van der Waals surface area contributed by atoms with Gasteiger partial charge >= 0.3 is 0 Å². The molecule has 0 fully saturated rings. The number of anilines is 1. The molecule has 4 aromatic rings. The predicted molar refractivity (Wildman–Crippen MR) is 142 cm³/mol. The zero-order chi connectivity index (χ0) is 26.9. The molecule has 0 radical (unpaired) electrons. The van der Waals surface area contributed by atoms with Crippen molar-refractivity contribution in [1.82, 2.24) is 0 Å². The molecule has 4 rings (SSSR count). The summed E-state index contributed by atoms with van der Waals surface area (Å²) in [4.78, 5) is 12.7. The van der Waals surface area contributed by atoms with Gasteiger partial charge in [-0.3, -0.25) is 9.35 Å². The van der Waals surface area contributed by atoms with Crippen molar-refractivity contribution in [1.29, 1.82) is 0 Å². The number of carbonyl (C=O) groups excluding carboxylic acids is 1. The fourth-order valence-electron chi connectivity index (χ4n) is 3.62. The summed E-state index contributed by atoms with van der Waals surface area (Å²) in [5, 5.41) is 23.1. The molecular weight excluding hydrogens is 541 g/mol. The van der Waals surface area contributed by atoms with Crippen molar-refractivity contribution in [2.24, 2.45) is 10.2 Å². The third-order valence-corrected chi connectivity index (χ3v) is 7.26. The summed E-state index contributed by atoms with van der Waals surface area (Å²) in [5.41, 5.74) is 0.280. The van der Waals surface area contributed by atoms with Crippen LogP contribution in [0.25, 0.3) is 10.8 Å². The number of nitrogens with zero attached hydrogens (tertiary/aromatic N) is 2. The minimum Gasteiger partial charge on any atom is -0.505 e. The molecule has 0 saturated carbocycles. The number of rotatable bonds is 6. The molecule has 0 unspecified atom stereocenters. The van der Waals surface area contributed by atoms with Crippen LogP contribution in [0.2, 0.25) is 10.0 Å². The van der Waals surface area contributed by atoms with Gasteiger partial charge in [0, 0.05) is 10.4 Å². The van der Waals surface area contributed by atoms with E-state index in [1.165, 1.54) is 26.2 Å². The topological polar surface area (TPSA) is 138 Å². The zero-order valence-corrected chi connectivity index (χ0v) is 21.7. The number of methoxy groups -OCH3 is 1. The summed E-state index contributed by atoms with van der Waals surface area (Å²) in [6.45, 7) is 1.43. The highest BCUT2D eigenvalue weighted by molar-refractivity contribution is 7.85. The summed E-state index contributed by atoms with van der Waals surface area (Å²) in [6, 6.07) is 15.7. The normalized spacial score (nSPS) is 11.7. The Morgan fingerprint density at radius 2 is 1.76 bits per heavy atom. The monoisotopic (exact) mass is 559 g/mol. The minimum absolute atomic E-state index is 0.00437. The van der Waals surface area contributed by atoms with E-state index in [1.807, 2.05) is 0 Å². The first-order valence-corrected chi connectivity index (χ1v) is 12.8. The van der Waals surface area contributed by atoms with Crippen LogP contribution in [0.3, 0.4) is 0 Å². The molecule has 1 amide bonds. The van der Waals surface area contributed by atoms with Crippen molar-refractivity contribution >= 4 is 67.1 Å². The minimum atomic E-state index is -4.57. The molecule has 9 nitrogen and oxygen atoms in total. The number of hydrogen-bond donors (Lipinski definition) is 3. The molecule has 37 heavy (non-hydrogen) atoms. The molecule has 0 heterocycles. The summed E-state index contributed by atoms with van der Waals surface area (Å²) in [5.74, 6) is -0.771. The Morgan fingerprint density at radius 1 is 1.03 bits per heavy atom. The standard InChI is InChI=1S/C25H19Cl2N3O6S/c1-13-18(26)11-15(12-21(13)37(33,34)35)29-30-23-16-7-4-3-6-14(16)10-17(24(23)31)25(32)28-19-8-5-9-20(36-2)22(19)27/h3-12,31H,1-2H3,(H,28,32)(H,33,34,35). The molecular formula is C25H19Cl2N3O6S. The van der Waals surface area contributed by atoms with Gasteiger partial charge < -0.3 is 15.2 Å². The van der Waals surface area contributed by atoms with E-state index >= 15 is 0 Å². The molecule has 0 aliphatic heterocycles. The van der Waals surface area contributed by atoms with Crippen LogP contribution in [0.4, 0.5) is 17.1 Å². The molecule has 0 aliphatic carbocycles. The Kier molecular flexibility index (Phi) is 7.37. The average molecular weight is 560 g/mol. The van der Waals surface area contributed by atoms with Gasteiger partial charge in [-0.15, -0.1) is 5.11 Å². The highest BCUT2D eigenvalue weighted by atomic mass is 35.5. The largest absolute Gasteiger partial charge is 0.505 e. The third kappa shape index (κ3) is 5.37. The number of aromatic hydroxyl groups is 1. The van der Waals surface area contributed by atoms with Gasteiger partial charge in [-0.2, -0.15) is 13.5 Å². The lowest BCUT2D eigenvalue weighted by Gasteiger charge is -2.13. The average Bonchev–Trinajstić information content (AvgIpc) is 2.85. The second-order valence-corrected chi connectivity index (χ2v) is 10.0. The molecule has 4 aromatic carbocycles. The number of halogens is 2. The summed E-state index contributed by atoms with van der Waals surface area (Å²) >= 11 is 12.4. The molecule has 12 heteroatoms. The number of carbonyl (C=O) groups is 1. The number of hydrogen-bond acceptors (Lipinski definition) is 7. The highest BCUT2D eigenvalue weighted by Gasteiger charge is 2.21. The van der Waals surface area contributed by atoms with Crippen LogP contribution in [0, 0.1) is 6.92 Å². The highest BCUT2D eigenvalue weighted by Crippen LogP contribution is 2.41. The molecule has 0 saturated heterocycles. The molecule has 0 aliphatic rings. The van der Waals surface area contributed by atoms with Crippen molar-refractivity contribution in [3.8, 4) is 11.5 Å². The summed E-state index contributed by atoms with van der Waals surface area (Å²) < 4.78 is 38.1. The molecule has 0 spiro atoms. The number of nitrogens with one attached hydrogen (secondary N) is 1. The number of fused-ring (bicyclic) bond motifs is 1. The molecule has 0 bridgehead atoms. The van der Waals surface area contributed by atoms with Crippen LogP contribution in [0.5, 0.6) is 11.5 Å². The first-order chi connectivity index (χ1) is 17.5. The lowest BCUT2D eigenvalue weighted by atomic mass is 10.0. The van der Waals surface area contributed by atoms with Gasteiger partial charge in [0.15, 0.2) is 5.75 Å². The van der Waals surface area contributed by atoms with Crippen LogP contribution in [-0.4, -0.2) is 31.1 Å². The van der Waals surface area contributed by atoms with E-state index in [0.29, 0.717) is 16.5 Å². The van der Waals surface area contributed by atoms with E-state index in [9.17, 15) is 22.9 Å². The third-order valence-electron chi connectivity index (χ3n) is 5.50. The Hall–Kier alpha value is -3.70. The van der Waals surface area contributed by atoms with Crippen molar-refractivity contribution < 1.29 is 27.6 Å². The maximum Gasteiger partial charge on any atom is 0.294 e. The summed E-state index contributed by atoms with van der Waals surface area (Å²) in [7, 11) is -3.12. The zero-order valence-electron chi connectivity index (χ0n) is 19.4. The van der Waals surface area contributed by atoms with E-state index in [-0.39, 0.29) is 38.2 Å². The number of ether oxygens (including phenoxy) is 1. The summed E-state index contributed by atoms with van der Waals surface area (Å²) in [6.07, 6.45) is 0. The van der Waals surface area contributed by atoms with Crippen molar-refractivity contribution in [3.05, 3.63) is 81.8 Å². The first kappa shape index (κ1) is 26.4. The molecule has 0 atom stereocenters. The Labute approximate surface area is 222 Å². The van der Waals surface area contributed by atoms with Crippen molar-refractivity contribution in [2.75, 3.05) is 12.4 Å². The van der Waals surface area contributed by atoms with Crippen LogP contribution in [0.1, 0.15) is 15.9 Å². The lowest BCUT2D eigenvalue weighted by molar-refractivity contribution is 0.102. The van der Waals surface area contributed by atoms with E-state index in [4.69, 9.17) is 27.9 Å². The van der Waals surface area contributed by atoms with Crippen molar-refractivity contribution in [2.45, 2.75) is 11.8 Å². The lowest BCUT2D eigenvalue weighted by Crippen LogP contribution is -2.12. The van der Waals surface area contributed by atoms with Gasteiger partial charge in [-0.1, -0.05) is 53.5 Å². The number of phenols is 1. The van der Waals surface area contributed by atoms with Gasteiger partial charge in [0.25, 0.3) is 16.0 Å². The van der Waals surface area contributed by atoms with E-state index in [1.54, 1.807) is 42.5 Å².